The Bertz CT molecular complexity index is 369. The monoisotopic (exact) mass is 221 g/mol. The van der Waals surface area contributed by atoms with E-state index < -0.39 is 23.2 Å². The first-order valence-electron chi connectivity index (χ1n) is 4.07. The topological polar surface area (TPSA) is 32.7 Å². The van der Waals surface area contributed by atoms with Gasteiger partial charge in [0.15, 0.2) is 17.4 Å². The number of halogens is 3. The first-order valence-corrected chi connectivity index (χ1v) is 4.07. The molecule has 1 rings (SSSR count). The van der Waals surface area contributed by atoms with E-state index in [9.17, 15) is 13.2 Å². The molecule has 1 N–H and O–H groups in total. The maximum Gasteiger partial charge on any atom is 0.203 e. The van der Waals surface area contributed by atoms with Crippen molar-refractivity contribution in [2.24, 2.45) is 0 Å². The molecule has 0 heterocycles. The second-order valence-electron chi connectivity index (χ2n) is 2.99. The molecular formula is C9H10F3NO2. The van der Waals surface area contributed by atoms with Gasteiger partial charge in [0, 0.05) is 12.6 Å². The lowest BCUT2D eigenvalue weighted by molar-refractivity contribution is -0.0737. The summed E-state index contributed by atoms with van der Waals surface area (Å²) in [6.07, 6.45) is 0. The summed E-state index contributed by atoms with van der Waals surface area (Å²) in [4.78, 5) is 0. The van der Waals surface area contributed by atoms with Crippen LogP contribution in [0.3, 0.4) is 0 Å². The molecular weight excluding hydrogens is 211 g/mol. The SMILES string of the molecule is COc1c(CN(C)O)cc(F)c(F)c1F. The molecule has 0 aliphatic rings. The molecule has 15 heavy (non-hydrogen) atoms. The first-order chi connectivity index (χ1) is 6.97. The fraction of sp³-hybridized carbons (Fsp3) is 0.333. The minimum absolute atomic E-state index is 0.0268. The summed E-state index contributed by atoms with van der Waals surface area (Å²) in [6.45, 7) is -0.169. The van der Waals surface area contributed by atoms with Gasteiger partial charge in [0.05, 0.1) is 13.7 Å². The molecule has 6 heteroatoms. The summed E-state index contributed by atoms with van der Waals surface area (Å²) in [5.41, 5.74) is 0.0268. The summed E-state index contributed by atoms with van der Waals surface area (Å²) in [6, 6.07) is 0.782. The van der Waals surface area contributed by atoms with Crippen molar-refractivity contribution in [2.75, 3.05) is 14.2 Å². The number of ether oxygens (including phenoxy) is 1. The Morgan fingerprint density at radius 2 is 1.93 bits per heavy atom. The lowest BCUT2D eigenvalue weighted by Crippen LogP contribution is -2.14. The second-order valence-corrected chi connectivity index (χ2v) is 2.99. The van der Waals surface area contributed by atoms with Crippen LogP contribution in [0.1, 0.15) is 5.56 Å². The van der Waals surface area contributed by atoms with Gasteiger partial charge in [-0.3, -0.25) is 0 Å². The molecule has 0 aromatic heterocycles. The zero-order chi connectivity index (χ0) is 11.6. The van der Waals surface area contributed by atoms with Crippen molar-refractivity contribution in [2.45, 2.75) is 6.54 Å². The fourth-order valence-corrected chi connectivity index (χ4v) is 1.21. The molecule has 0 aliphatic heterocycles. The van der Waals surface area contributed by atoms with Gasteiger partial charge in [-0.25, -0.2) is 8.78 Å². The molecule has 1 aromatic rings. The number of hydrogen-bond acceptors (Lipinski definition) is 3. The van der Waals surface area contributed by atoms with Gasteiger partial charge in [0.25, 0.3) is 0 Å². The highest BCUT2D eigenvalue weighted by molar-refractivity contribution is 5.36. The summed E-state index contributed by atoms with van der Waals surface area (Å²) in [5.74, 6) is -4.70. The van der Waals surface area contributed by atoms with E-state index in [1.807, 2.05) is 0 Å². The molecule has 0 aliphatic carbocycles. The van der Waals surface area contributed by atoms with Crippen molar-refractivity contribution in [3.8, 4) is 5.75 Å². The Morgan fingerprint density at radius 3 is 2.40 bits per heavy atom. The normalized spacial score (nSPS) is 10.9. The quantitative estimate of drug-likeness (QED) is 0.625. The minimum Gasteiger partial charge on any atom is -0.493 e. The van der Waals surface area contributed by atoms with Gasteiger partial charge in [-0.15, -0.1) is 0 Å². The smallest absolute Gasteiger partial charge is 0.203 e. The molecule has 0 bridgehead atoms. The molecule has 1 aromatic carbocycles. The Labute approximate surface area is 84.6 Å². The van der Waals surface area contributed by atoms with E-state index in [4.69, 9.17) is 5.21 Å². The number of rotatable bonds is 3. The van der Waals surface area contributed by atoms with Gasteiger partial charge in [-0.1, -0.05) is 0 Å². The highest BCUT2D eigenvalue weighted by Gasteiger charge is 2.19. The van der Waals surface area contributed by atoms with E-state index in [1.165, 1.54) is 7.05 Å². The van der Waals surface area contributed by atoms with Crippen LogP contribution in [0.5, 0.6) is 5.75 Å². The van der Waals surface area contributed by atoms with Gasteiger partial charge < -0.3 is 9.94 Å². The molecule has 3 nitrogen and oxygen atoms in total. The third kappa shape index (κ3) is 2.40. The Balaban J connectivity index is 3.25. The number of nitrogens with zero attached hydrogens (tertiary/aromatic N) is 1. The largest absolute Gasteiger partial charge is 0.493 e. The number of benzene rings is 1. The molecule has 0 fully saturated rings. The van der Waals surface area contributed by atoms with Crippen LogP contribution in [0.2, 0.25) is 0 Å². The summed E-state index contributed by atoms with van der Waals surface area (Å²) in [5, 5.41) is 9.62. The minimum atomic E-state index is -1.59. The highest BCUT2D eigenvalue weighted by atomic mass is 19.2. The van der Waals surface area contributed by atoms with Crippen LogP contribution in [0.4, 0.5) is 13.2 Å². The van der Waals surface area contributed by atoms with Crippen molar-refractivity contribution in [3.05, 3.63) is 29.1 Å². The van der Waals surface area contributed by atoms with Crippen molar-refractivity contribution >= 4 is 0 Å². The molecule has 0 saturated heterocycles. The van der Waals surface area contributed by atoms with Crippen LogP contribution >= 0.6 is 0 Å². The average Bonchev–Trinajstić information content (AvgIpc) is 2.14. The van der Waals surface area contributed by atoms with Gasteiger partial charge >= 0.3 is 0 Å². The summed E-state index contributed by atoms with van der Waals surface area (Å²) in [7, 11) is 2.43. The van der Waals surface area contributed by atoms with Gasteiger partial charge in [-0.2, -0.15) is 9.45 Å². The van der Waals surface area contributed by atoms with E-state index >= 15 is 0 Å². The Morgan fingerprint density at radius 1 is 1.33 bits per heavy atom. The van der Waals surface area contributed by atoms with Crippen LogP contribution in [-0.4, -0.2) is 24.4 Å². The van der Waals surface area contributed by atoms with E-state index in [1.54, 1.807) is 0 Å². The van der Waals surface area contributed by atoms with E-state index in [0.29, 0.717) is 5.06 Å². The van der Waals surface area contributed by atoms with Crippen molar-refractivity contribution < 1.29 is 23.1 Å². The lowest BCUT2D eigenvalue weighted by Gasteiger charge is -2.13. The number of methoxy groups -OCH3 is 1. The molecule has 84 valence electrons. The predicted octanol–water partition coefficient (Wildman–Crippen LogP) is 1.93. The number of hydroxylamine groups is 2. The third-order valence-corrected chi connectivity index (χ3v) is 1.80. The standard InChI is InChI=1S/C9H10F3NO2/c1-13(14)4-5-3-6(10)7(11)8(12)9(5)15-2/h3,14H,4H2,1-2H3. The van der Waals surface area contributed by atoms with E-state index in [-0.39, 0.29) is 12.1 Å². The second kappa shape index (κ2) is 4.50. The third-order valence-electron chi connectivity index (χ3n) is 1.80. The van der Waals surface area contributed by atoms with Crippen LogP contribution < -0.4 is 4.74 Å². The Kier molecular flexibility index (Phi) is 3.54. The van der Waals surface area contributed by atoms with Crippen LogP contribution in [0, 0.1) is 17.5 Å². The van der Waals surface area contributed by atoms with Crippen molar-refractivity contribution in [1.29, 1.82) is 0 Å². The summed E-state index contributed by atoms with van der Waals surface area (Å²) >= 11 is 0. The Hall–Kier alpha value is -1.27. The molecule has 0 saturated carbocycles. The van der Waals surface area contributed by atoms with Crippen LogP contribution in [0.25, 0.3) is 0 Å². The van der Waals surface area contributed by atoms with Crippen molar-refractivity contribution in [3.63, 3.8) is 0 Å². The molecule has 0 spiro atoms. The zero-order valence-corrected chi connectivity index (χ0v) is 8.22. The number of hydrogen-bond donors (Lipinski definition) is 1. The van der Waals surface area contributed by atoms with Gasteiger partial charge in [-0.05, 0) is 6.07 Å². The van der Waals surface area contributed by atoms with E-state index in [2.05, 4.69) is 4.74 Å². The van der Waals surface area contributed by atoms with Gasteiger partial charge in [0.2, 0.25) is 5.82 Å². The van der Waals surface area contributed by atoms with Crippen LogP contribution in [0.15, 0.2) is 6.07 Å². The maximum absolute atomic E-state index is 13.1. The van der Waals surface area contributed by atoms with Gasteiger partial charge in [0.1, 0.15) is 0 Å². The molecule has 0 radical (unpaired) electrons. The lowest BCUT2D eigenvalue weighted by atomic mass is 10.1. The zero-order valence-electron chi connectivity index (χ0n) is 8.22. The molecule has 0 atom stereocenters. The van der Waals surface area contributed by atoms with E-state index in [0.717, 1.165) is 13.2 Å². The fourth-order valence-electron chi connectivity index (χ4n) is 1.21. The highest BCUT2D eigenvalue weighted by Crippen LogP contribution is 2.27. The molecule has 0 amide bonds. The van der Waals surface area contributed by atoms with Crippen LogP contribution in [-0.2, 0) is 6.54 Å². The predicted molar refractivity (Wildman–Crippen MR) is 46.1 cm³/mol. The van der Waals surface area contributed by atoms with Crippen molar-refractivity contribution in [1.82, 2.24) is 5.06 Å². The maximum atomic E-state index is 13.1. The first kappa shape index (κ1) is 11.8. The molecule has 0 unspecified atom stereocenters. The summed E-state index contributed by atoms with van der Waals surface area (Å²) < 4.78 is 43.4. The average molecular weight is 221 g/mol.